The summed E-state index contributed by atoms with van der Waals surface area (Å²) in [4.78, 5) is 0. The molecule has 2 nitrogen and oxygen atoms in total. The van der Waals surface area contributed by atoms with Crippen LogP contribution in [0.4, 0.5) is 0 Å². The van der Waals surface area contributed by atoms with Crippen molar-refractivity contribution in [1.29, 1.82) is 0 Å². The molecular formula is C17H27NO. The first-order valence-corrected chi connectivity index (χ1v) is 7.73. The molecule has 1 aliphatic carbocycles. The van der Waals surface area contributed by atoms with E-state index in [1.165, 1.54) is 31.2 Å². The van der Waals surface area contributed by atoms with E-state index in [1.54, 1.807) is 0 Å². The molecule has 0 atom stereocenters. The minimum atomic E-state index is 0.715. The molecule has 1 fully saturated rings. The van der Waals surface area contributed by atoms with Crippen molar-refractivity contribution in [2.45, 2.75) is 58.5 Å². The van der Waals surface area contributed by atoms with E-state index in [0.29, 0.717) is 6.04 Å². The predicted molar refractivity (Wildman–Crippen MR) is 80.5 cm³/mol. The highest BCUT2D eigenvalue weighted by molar-refractivity contribution is 5.27. The molecule has 1 aromatic carbocycles. The Morgan fingerprint density at radius 2 is 1.79 bits per heavy atom. The highest BCUT2D eigenvalue weighted by atomic mass is 16.5. The zero-order valence-electron chi connectivity index (χ0n) is 12.3. The zero-order chi connectivity index (χ0) is 13.5. The Hall–Kier alpha value is -1.02. The summed E-state index contributed by atoms with van der Waals surface area (Å²) in [5, 5.41) is 3.68. The van der Waals surface area contributed by atoms with Crippen LogP contribution in [-0.2, 0) is 6.54 Å². The van der Waals surface area contributed by atoms with E-state index < -0.39 is 0 Å². The van der Waals surface area contributed by atoms with Crippen LogP contribution >= 0.6 is 0 Å². The van der Waals surface area contributed by atoms with Crippen LogP contribution in [0.1, 0.15) is 51.5 Å². The van der Waals surface area contributed by atoms with Gasteiger partial charge in [0.15, 0.2) is 0 Å². The fourth-order valence-electron chi connectivity index (χ4n) is 2.65. The third-order valence-electron chi connectivity index (χ3n) is 4.01. The summed E-state index contributed by atoms with van der Waals surface area (Å²) >= 11 is 0. The maximum atomic E-state index is 5.60. The molecule has 0 spiro atoms. The van der Waals surface area contributed by atoms with E-state index in [0.717, 1.165) is 31.2 Å². The van der Waals surface area contributed by atoms with Crippen LogP contribution in [-0.4, -0.2) is 12.6 Å². The second-order valence-electron chi connectivity index (χ2n) is 5.83. The molecule has 0 amide bonds. The Balaban J connectivity index is 1.73. The first kappa shape index (κ1) is 14.4. The maximum absolute atomic E-state index is 5.60. The molecule has 2 rings (SSSR count). The minimum Gasteiger partial charge on any atom is -0.494 e. The summed E-state index contributed by atoms with van der Waals surface area (Å²) in [5.74, 6) is 1.91. The van der Waals surface area contributed by atoms with Gasteiger partial charge in [-0.3, -0.25) is 0 Å². The molecule has 19 heavy (non-hydrogen) atoms. The number of hydrogen-bond acceptors (Lipinski definition) is 2. The second kappa shape index (κ2) is 7.54. The van der Waals surface area contributed by atoms with Gasteiger partial charge in [-0.2, -0.15) is 0 Å². The van der Waals surface area contributed by atoms with Crippen LogP contribution in [0.2, 0.25) is 0 Å². The molecule has 0 radical (unpaired) electrons. The zero-order valence-corrected chi connectivity index (χ0v) is 12.3. The predicted octanol–water partition coefficient (Wildman–Crippen LogP) is 4.14. The Morgan fingerprint density at radius 3 is 2.42 bits per heavy atom. The molecular weight excluding hydrogens is 234 g/mol. The molecule has 0 heterocycles. The Labute approximate surface area is 117 Å². The molecule has 0 saturated heterocycles. The lowest BCUT2D eigenvalue weighted by Gasteiger charge is -2.27. The van der Waals surface area contributed by atoms with Gasteiger partial charge < -0.3 is 10.1 Å². The van der Waals surface area contributed by atoms with E-state index in [4.69, 9.17) is 4.74 Å². The van der Waals surface area contributed by atoms with Gasteiger partial charge in [-0.1, -0.05) is 26.0 Å². The van der Waals surface area contributed by atoms with Crippen molar-refractivity contribution in [2.75, 3.05) is 6.61 Å². The van der Waals surface area contributed by atoms with Crippen molar-refractivity contribution in [3.8, 4) is 5.75 Å². The molecule has 2 heteroatoms. The van der Waals surface area contributed by atoms with Crippen LogP contribution in [0, 0.1) is 5.92 Å². The highest BCUT2D eigenvalue weighted by Gasteiger charge is 2.17. The fraction of sp³-hybridized carbons (Fsp3) is 0.647. The van der Waals surface area contributed by atoms with Gasteiger partial charge in [0.2, 0.25) is 0 Å². The van der Waals surface area contributed by atoms with Gasteiger partial charge in [-0.15, -0.1) is 0 Å². The van der Waals surface area contributed by atoms with Crippen molar-refractivity contribution < 1.29 is 4.74 Å². The van der Waals surface area contributed by atoms with Gasteiger partial charge >= 0.3 is 0 Å². The minimum absolute atomic E-state index is 0.715. The van der Waals surface area contributed by atoms with Crippen LogP contribution in [0.5, 0.6) is 5.75 Å². The van der Waals surface area contributed by atoms with Crippen molar-refractivity contribution in [3.63, 3.8) is 0 Å². The standard InChI is InChI=1S/C17H27NO/c1-3-12-19-17-10-6-15(7-11-17)13-18-16-8-4-14(2)5-9-16/h6-7,10-11,14,16,18H,3-5,8-9,12-13H2,1-2H3. The first-order valence-electron chi connectivity index (χ1n) is 7.73. The number of benzene rings is 1. The molecule has 1 saturated carbocycles. The monoisotopic (exact) mass is 261 g/mol. The third-order valence-corrected chi connectivity index (χ3v) is 4.01. The third kappa shape index (κ3) is 4.87. The van der Waals surface area contributed by atoms with Gasteiger partial charge in [-0.05, 0) is 55.7 Å². The van der Waals surface area contributed by atoms with E-state index in [1.807, 2.05) is 0 Å². The molecule has 0 bridgehead atoms. The second-order valence-corrected chi connectivity index (χ2v) is 5.83. The van der Waals surface area contributed by atoms with Crippen molar-refractivity contribution in [1.82, 2.24) is 5.32 Å². The van der Waals surface area contributed by atoms with E-state index in [9.17, 15) is 0 Å². The Morgan fingerprint density at radius 1 is 1.11 bits per heavy atom. The Bertz CT molecular complexity index is 352. The lowest BCUT2D eigenvalue weighted by atomic mass is 9.87. The van der Waals surface area contributed by atoms with Crippen LogP contribution < -0.4 is 10.1 Å². The highest BCUT2D eigenvalue weighted by Crippen LogP contribution is 2.23. The fourth-order valence-corrected chi connectivity index (χ4v) is 2.65. The average Bonchev–Trinajstić information content (AvgIpc) is 2.46. The van der Waals surface area contributed by atoms with Gasteiger partial charge in [0.25, 0.3) is 0 Å². The number of rotatable bonds is 6. The van der Waals surface area contributed by atoms with Gasteiger partial charge in [-0.25, -0.2) is 0 Å². The van der Waals surface area contributed by atoms with Crippen LogP contribution in [0.15, 0.2) is 24.3 Å². The van der Waals surface area contributed by atoms with Crippen LogP contribution in [0.3, 0.4) is 0 Å². The molecule has 1 aromatic rings. The van der Waals surface area contributed by atoms with Crippen LogP contribution in [0.25, 0.3) is 0 Å². The van der Waals surface area contributed by atoms with Crippen molar-refractivity contribution >= 4 is 0 Å². The lowest BCUT2D eigenvalue weighted by molar-refractivity contribution is 0.306. The SMILES string of the molecule is CCCOc1ccc(CNC2CCC(C)CC2)cc1. The first-order chi connectivity index (χ1) is 9.28. The van der Waals surface area contributed by atoms with Gasteiger partial charge in [0.1, 0.15) is 5.75 Å². The Kier molecular flexibility index (Phi) is 5.71. The molecule has 1 aliphatic rings. The summed E-state index contributed by atoms with van der Waals surface area (Å²) in [7, 11) is 0. The van der Waals surface area contributed by atoms with E-state index >= 15 is 0 Å². The van der Waals surface area contributed by atoms with Crippen molar-refractivity contribution in [2.24, 2.45) is 5.92 Å². The summed E-state index contributed by atoms with van der Waals surface area (Å²) in [6.45, 7) is 6.28. The summed E-state index contributed by atoms with van der Waals surface area (Å²) in [6.07, 6.45) is 6.48. The number of ether oxygens (including phenoxy) is 1. The number of hydrogen-bond donors (Lipinski definition) is 1. The quantitative estimate of drug-likeness (QED) is 0.831. The molecule has 106 valence electrons. The topological polar surface area (TPSA) is 21.3 Å². The van der Waals surface area contributed by atoms with Gasteiger partial charge in [0, 0.05) is 12.6 Å². The van der Waals surface area contributed by atoms with E-state index in [2.05, 4.69) is 43.4 Å². The average molecular weight is 261 g/mol. The summed E-state index contributed by atoms with van der Waals surface area (Å²) < 4.78 is 5.60. The van der Waals surface area contributed by atoms with E-state index in [-0.39, 0.29) is 0 Å². The van der Waals surface area contributed by atoms with Crippen molar-refractivity contribution in [3.05, 3.63) is 29.8 Å². The molecule has 1 N–H and O–H groups in total. The summed E-state index contributed by atoms with van der Waals surface area (Å²) in [5.41, 5.74) is 1.35. The molecule has 0 aliphatic heterocycles. The van der Waals surface area contributed by atoms with Gasteiger partial charge in [0.05, 0.1) is 6.61 Å². The maximum Gasteiger partial charge on any atom is 0.119 e. The molecule has 0 unspecified atom stereocenters. The molecule has 0 aromatic heterocycles. The summed E-state index contributed by atoms with van der Waals surface area (Å²) in [6, 6.07) is 9.21. The normalized spacial score (nSPS) is 23.3. The number of nitrogens with one attached hydrogen (secondary N) is 1. The lowest BCUT2D eigenvalue weighted by Crippen LogP contribution is -2.32. The smallest absolute Gasteiger partial charge is 0.119 e. The largest absolute Gasteiger partial charge is 0.494 e.